The van der Waals surface area contributed by atoms with Gasteiger partial charge in [0.2, 0.25) is 0 Å². The molecule has 2 aliphatic heterocycles. The van der Waals surface area contributed by atoms with E-state index in [2.05, 4.69) is 58.0 Å². The number of anilines is 1. The van der Waals surface area contributed by atoms with Gasteiger partial charge in [-0.2, -0.15) is 0 Å². The van der Waals surface area contributed by atoms with Gasteiger partial charge >= 0.3 is 0 Å². The molecule has 2 bridgehead atoms. The maximum atomic E-state index is 12.4. The minimum absolute atomic E-state index is 0.117. The zero-order valence-electron chi connectivity index (χ0n) is 17.6. The Balaban J connectivity index is 1.26. The van der Waals surface area contributed by atoms with Crippen LogP contribution in [0.4, 0.5) is 5.69 Å². The van der Waals surface area contributed by atoms with Crippen LogP contribution in [0.1, 0.15) is 27.9 Å². The summed E-state index contributed by atoms with van der Waals surface area (Å²) in [6, 6.07) is 25.6. The third-order valence-corrected chi connectivity index (χ3v) is 6.34. The maximum absolute atomic E-state index is 12.4. The lowest BCUT2D eigenvalue weighted by molar-refractivity contribution is 0.0951. The highest BCUT2D eigenvalue weighted by atomic mass is 16.1. The van der Waals surface area contributed by atoms with Gasteiger partial charge in [-0.1, -0.05) is 42.5 Å². The summed E-state index contributed by atoms with van der Waals surface area (Å²) in [5, 5.41) is 6.56. The summed E-state index contributed by atoms with van der Waals surface area (Å²) in [5.41, 5.74) is 11.8. The van der Waals surface area contributed by atoms with Crippen LogP contribution in [0, 0.1) is 0 Å². The number of carbonyl (C=O) groups excluding carboxylic acids is 1. The molecule has 2 heterocycles. The van der Waals surface area contributed by atoms with Crippen molar-refractivity contribution in [3.8, 4) is 11.1 Å². The van der Waals surface area contributed by atoms with E-state index in [-0.39, 0.29) is 5.91 Å². The van der Waals surface area contributed by atoms with Crippen molar-refractivity contribution < 1.29 is 4.79 Å². The van der Waals surface area contributed by atoms with Gasteiger partial charge in [0.15, 0.2) is 0 Å². The molecule has 5 heteroatoms. The van der Waals surface area contributed by atoms with Crippen molar-refractivity contribution in [1.29, 1.82) is 0 Å². The molecule has 158 valence electrons. The molecule has 5 rings (SSSR count). The van der Waals surface area contributed by atoms with E-state index in [0.29, 0.717) is 29.9 Å². The van der Waals surface area contributed by atoms with Crippen molar-refractivity contribution >= 4 is 11.6 Å². The van der Waals surface area contributed by atoms with Gasteiger partial charge in [-0.3, -0.25) is 9.69 Å². The number of hydrogen-bond donors (Lipinski definition) is 3. The minimum Gasteiger partial charge on any atom is -0.399 e. The van der Waals surface area contributed by atoms with E-state index in [1.807, 2.05) is 6.07 Å². The normalized spacial score (nSPS) is 20.1. The van der Waals surface area contributed by atoms with Crippen LogP contribution in [0.2, 0.25) is 0 Å². The third kappa shape index (κ3) is 4.48. The fourth-order valence-corrected chi connectivity index (χ4v) is 4.75. The van der Waals surface area contributed by atoms with Gasteiger partial charge in [-0.05, 0) is 59.0 Å². The molecule has 0 aromatic heterocycles. The standard InChI is InChI=1S/C26H28N4O/c27-23-9-3-8-22(12-23)26(31)29-14-18-4-1-6-20(10-18)21-7-2-5-19(11-21)16-30-17-24-13-25(30)15-28-24/h1-12,24-25,28H,13-17,27H2,(H,29,31)/t24-,25-/m0/s1. The predicted molar refractivity (Wildman–Crippen MR) is 125 cm³/mol. The molecule has 0 unspecified atom stereocenters. The molecule has 0 spiro atoms. The summed E-state index contributed by atoms with van der Waals surface area (Å²) in [6.45, 7) is 3.75. The second kappa shape index (κ2) is 8.53. The van der Waals surface area contributed by atoms with Gasteiger partial charge in [0.25, 0.3) is 5.91 Å². The molecule has 1 amide bonds. The molecule has 0 saturated carbocycles. The largest absolute Gasteiger partial charge is 0.399 e. The van der Waals surface area contributed by atoms with Crippen molar-refractivity contribution in [2.45, 2.75) is 31.6 Å². The van der Waals surface area contributed by atoms with Crippen LogP contribution in [-0.2, 0) is 13.1 Å². The topological polar surface area (TPSA) is 70.4 Å². The highest BCUT2D eigenvalue weighted by Crippen LogP contribution is 2.27. The number of nitrogens with one attached hydrogen (secondary N) is 2. The van der Waals surface area contributed by atoms with Crippen molar-refractivity contribution in [2.75, 3.05) is 18.8 Å². The Morgan fingerprint density at radius 3 is 2.45 bits per heavy atom. The van der Waals surface area contributed by atoms with Gasteiger partial charge in [-0.15, -0.1) is 0 Å². The second-order valence-electron chi connectivity index (χ2n) is 8.63. The number of piperazine rings is 1. The first-order valence-corrected chi connectivity index (χ1v) is 10.9. The van der Waals surface area contributed by atoms with Gasteiger partial charge < -0.3 is 16.4 Å². The highest BCUT2D eigenvalue weighted by molar-refractivity contribution is 5.94. The lowest BCUT2D eigenvalue weighted by Gasteiger charge is -2.27. The van der Waals surface area contributed by atoms with E-state index in [0.717, 1.165) is 25.2 Å². The summed E-state index contributed by atoms with van der Waals surface area (Å²) in [7, 11) is 0. The first-order valence-electron chi connectivity index (χ1n) is 10.9. The van der Waals surface area contributed by atoms with Crippen LogP contribution in [-0.4, -0.2) is 36.0 Å². The molecular weight excluding hydrogens is 384 g/mol. The van der Waals surface area contributed by atoms with E-state index in [1.165, 1.54) is 23.1 Å². The Kier molecular flexibility index (Phi) is 5.45. The Labute approximate surface area is 183 Å². The highest BCUT2D eigenvalue weighted by Gasteiger charge is 2.37. The van der Waals surface area contributed by atoms with E-state index in [1.54, 1.807) is 24.3 Å². The summed E-state index contributed by atoms with van der Waals surface area (Å²) in [6.07, 6.45) is 1.28. The number of amides is 1. The van der Waals surface area contributed by atoms with Gasteiger partial charge in [-0.25, -0.2) is 0 Å². The lowest BCUT2D eigenvalue weighted by atomic mass is 10.0. The number of likely N-dealkylation sites (tertiary alicyclic amines) is 1. The zero-order valence-corrected chi connectivity index (χ0v) is 17.6. The van der Waals surface area contributed by atoms with Crippen LogP contribution in [0.25, 0.3) is 11.1 Å². The Bertz CT molecular complexity index is 1100. The Morgan fingerprint density at radius 1 is 1.00 bits per heavy atom. The Hall–Kier alpha value is -3.15. The molecular formula is C26H28N4O. The van der Waals surface area contributed by atoms with Crippen molar-refractivity contribution in [1.82, 2.24) is 15.5 Å². The number of hydrogen-bond acceptors (Lipinski definition) is 4. The molecule has 31 heavy (non-hydrogen) atoms. The molecule has 2 aliphatic rings. The van der Waals surface area contributed by atoms with E-state index in [9.17, 15) is 4.79 Å². The smallest absolute Gasteiger partial charge is 0.251 e. The van der Waals surface area contributed by atoms with Crippen LogP contribution < -0.4 is 16.4 Å². The average molecular weight is 413 g/mol. The fourth-order valence-electron chi connectivity index (χ4n) is 4.75. The summed E-state index contributed by atoms with van der Waals surface area (Å²) in [4.78, 5) is 15.0. The van der Waals surface area contributed by atoms with Crippen LogP contribution in [0.5, 0.6) is 0 Å². The summed E-state index contributed by atoms with van der Waals surface area (Å²) in [5.74, 6) is -0.117. The monoisotopic (exact) mass is 412 g/mol. The fraction of sp³-hybridized carbons (Fsp3) is 0.269. The minimum atomic E-state index is -0.117. The van der Waals surface area contributed by atoms with Crippen LogP contribution in [0.3, 0.4) is 0 Å². The third-order valence-electron chi connectivity index (χ3n) is 6.34. The number of nitrogen functional groups attached to an aromatic ring is 1. The lowest BCUT2D eigenvalue weighted by Crippen LogP contribution is -2.42. The molecule has 3 aromatic rings. The average Bonchev–Trinajstić information content (AvgIpc) is 3.41. The van der Waals surface area contributed by atoms with Crippen molar-refractivity contribution in [3.05, 3.63) is 89.5 Å². The molecule has 3 aromatic carbocycles. The van der Waals surface area contributed by atoms with Crippen LogP contribution >= 0.6 is 0 Å². The summed E-state index contributed by atoms with van der Waals surface area (Å²) >= 11 is 0. The SMILES string of the molecule is Nc1cccc(C(=O)NCc2cccc(-c3cccc(CN4C[C@@H]5C[C@H]4CN5)c3)c2)c1. The van der Waals surface area contributed by atoms with Crippen molar-refractivity contribution in [3.63, 3.8) is 0 Å². The van der Waals surface area contributed by atoms with E-state index < -0.39 is 0 Å². The number of benzene rings is 3. The molecule has 2 saturated heterocycles. The number of carbonyl (C=O) groups is 1. The van der Waals surface area contributed by atoms with Gasteiger partial charge in [0, 0.05) is 49.5 Å². The maximum Gasteiger partial charge on any atom is 0.251 e. The van der Waals surface area contributed by atoms with Gasteiger partial charge in [0.05, 0.1) is 0 Å². The molecule has 4 N–H and O–H groups in total. The quantitative estimate of drug-likeness (QED) is 0.543. The second-order valence-corrected chi connectivity index (χ2v) is 8.63. The number of fused-ring (bicyclic) bond motifs is 2. The molecule has 0 radical (unpaired) electrons. The molecule has 2 atom stereocenters. The molecule has 0 aliphatic carbocycles. The predicted octanol–water partition coefficient (Wildman–Crippen LogP) is 3.41. The summed E-state index contributed by atoms with van der Waals surface area (Å²) < 4.78 is 0. The molecule has 5 nitrogen and oxygen atoms in total. The number of nitrogens with zero attached hydrogens (tertiary/aromatic N) is 1. The van der Waals surface area contributed by atoms with Gasteiger partial charge in [0.1, 0.15) is 0 Å². The zero-order chi connectivity index (χ0) is 21.2. The van der Waals surface area contributed by atoms with Crippen molar-refractivity contribution in [2.24, 2.45) is 0 Å². The first kappa shape index (κ1) is 19.8. The number of rotatable bonds is 6. The first-order chi connectivity index (χ1) is 15.1. The molecule has 2 fully saturated rings. The van der Waals surface area contributed by atoms with E-state index >= 15 is 0 Å². The number of nitrogens with two attached hydrogens (primary N) is 1. The Morgan fingerprint density at radius 2 is 1.74 bits per heavy atom. The van der Waals surface area contributed by atoms with E-state index in [4.69, 9.17) is 5.73 Å². The van der Waals surface area contributed by atoms with Crippen LogP contribution in [0.15, 0.2) is 72.8 Å².